The topological polar surface area (TPSA) is 44.0 Å². The minimum absolute atomic E-state index is 0.189. The predicted octanol–water partition coefficient (Wildman–Crippen LogP) is 1.26. The van der Waals surface area contributed by atoms with E-state index in [-0.39, 0.29) is 5.75 Å². The zero-order chi connectivity index (χ0) is 6.69. The summed E-state index contributed by atoms with van der Waals surface area (Å²) in [5.74, 6) is 0.189. The average molecular weight is 125 g/mol. The van der Waals surface area contributed by atoms with Crippen molar-refractivity contribution in [2.24, 2.45) is 0 Å². The summed E-state index contributed by atoms with van der Waals surface area (Å²) in [5, 5.41) is 17.0. The third-order valence-electron chi connectivity index (χ3n) is 0.996. The third-order valence-corrected chi connectivity index (χ3v) is 0.996. The largest absolute Gasteiger partial charge is 0.508 e. The zero-order valence-electron chi connectivity index (χ0n) is 4.70. The first-order valence-electron chi connectivity index (χ1n) is 2.52. The smallest absolute Gasteiger partial charge is 0.115 e. The Balaban J connectivity index is 3.06. The standard InChI is InChI=1S/C7H5NO/c8-5-6-1-3-7(9)4-2-6/h1-4,9H/i1+1,2+1,3+1,4+1,6+1,7+1. The number of nitrogens with zero attached hydrogens (tertiary/aromatic N) is 1. The molecule has 0 aromatic heterocycles. The van der Waals surface area contributed by atoms with Gasteiger partial charge in [-0.3, -0.25) is 0 Å². The van der Waals surface area contributed by atoms with E-state index in [4.69, 9.17) is 10.4 Å². The first-order chi connectivity index (χ1) is 4.33. The molecule has 1 aromatic rings. The molecule has 0 unspecified atom stereocenters. The highest BCUT2D eigenvalue weighted by Crippen LogP contribution is 2.07. The molecular weight excluding hydrogens is 120 g/mol. The van der Waals surface area contributed by atoms with E-state index in [0.29, 0.717) is 5.56 Å². The number of rotatable bonds is 0. The van der Waals surface area contributed by atoms with Crippen LogP contribution in [0.15, 0.2) is 24.3 Å². The summed E-state index contributed by atoms with van der Waals surface area (Å²) in [7, 11) is 0. The molecule has 0 aliphatic carbocycles. The van der Waals surface area contributed by atoms with Gasteiger partial charge in [0.25, 0.3) is 0 Å². The van der Waals surface area contributed by atoms with E-state index < -0.39 is 0 Å². The molecule has 0 spiro atoms. The number of phenols is 1. The molecule has 0 heterocycles. The van der Waals surface area contributed by atoms with E-state index in [1.54, 1.807) is 12.1 Å². The molecule has 0 amide bonds. The second-order valence-corrected chi connectivity index (χ2v) is 1.66. The van der Waals surface area contributed by atoms with Crippen LogP contribution in [-0.4, -0.2) is 5.11 Å². The lowest BCUT2D eigenvalue weighted by molar-refractivity contribution is 0.475. The van der Waals surface area contributed by atoms with Gasteiger partial charge in [-0.05, 0) is 24.3 Å². The van der Waals surface area contributed by atoms with Gasteiger partial charge in [-0.15, -0.1) is 0 Å². The lowest BCUT2D eigenvalue weighted by atomic mass is 11.0. The summed E-state index contributed by atoms with van der Waals surface area (Å²) < 4.78 is 0. The number of hydrogen-bond acceptors (Lipinski definition) is 2. The van der Waals surface area contributed by atoms with Crippen LogP contribution >= 0.6 is 0 Å². The van der Waals surface area contributed by atoms with Gasteiger partial charge in [0.05, 0.1) is 11.6 Å². The quantitative estimate of drug-likeness (QED) is 0.567. The van der Waals surface area contributed by atoms with Gasteiger partial charge in [0.2, 0.25) is 0 Å². The maximum absolute atomic E-state index is 8.74. The van der Waals surface area contributed by atoms with E-state index >= 15 is 0 Å². The van der Waals surface area contributed by atoms with Crippen molar-refractivity contribution in [2.75, 3.05) is 0 Å². The van der Waals surface area contributed by atoms with Crippen molar-refractivity contribution < 1.29 is 5.11 Å². The van der Waals surface area contributed by atoms with Crippen LogP contribution in [-0.2, 0) is 0 Å². The van der Waals surface area contributed by atoms with E-state index in [1.807, 2.05) is 6.07 Å². The number of nitriles is 1. The Morgan fingerprint density at radius 3 is 2.22 bits per heavy atom. The SMILES string of the molecule is N#C[13c]1[13cH][13cH][13c](O)[13cH][13cH]1. The fourth-order valence-electron chi connectivity index (χ4n) is 0.536. The molecule has 2 nitrogen and oxygen atoms in total. The van der Waals surface area contributed by atoms with Gasteiger partial charge in [0.15, 0.2) is 0 Å². The molecule has 1 rings (SSSR count). The molecule has 0 bridgehead atoms. The van der Waals surface area contributed by atoms with Crippen molar-refractivity contribution in [1.82, 2.24) is 0 Å². The van der Waals surface area contributed by atoms with E-state index in [0.717, 1.165) is 0 Å². The molecule has 9 heavy (non-hydrogen) atoms. The highest BCUT2D eigenvalue weighted by molar-refractivity contribution is 5.33. The fraction of sp³-hybridized carbons (Fsp3) is 0. The van der Waals surface area contributed by atoms with Gasteiger partial charge in [0, 0.05) is 0 Å². The first-order valence-corrected chi connectivity index (χ1v) is 2.52. The minimum Gasteiger partial charge on any atom is -0.508 e. The van der Waals surface area contributed by atoms with Crippen LogP contribution in [0.1, 0.15) is 5.56 Å². The Kier molecular flexibility index (Phi) is 1.37. The van der Waals surface area contributed by atoms with Crippen molar-refractivity contribution in [2.45, 2.75) is 0 Å². The second kappa shape index (κ2) is 2.19. The molecule has 0 radical (unpaired) electrons. The monoisotopic (exact) mass is 125 g/mol. The normalized spacial score (nSPS) is 8.33. The molecule has 0 atom stereocenters. The number of phenolic OH excluding ortho intramolecular Hbond substituents is 1. The molecule has 0 saturated carbocycles. The molecule has 1 aromatic carbocycles. The van der Waals surface area contributed by atoms with E-state index in [9.17, 15) is 0 Å². The lowest BCUT2D eigenvalue weighted by Gasteiger charge is -1.87. The average Bonchev–Trinajstić information content (AvgIpc) is 1.90. The summed E-state index contributed by atoms with van der Waals surface area (Å²) in [6, 6.07) is 8.04. The molecular formula is C7H5NO. The summed E-state index contributed by atoms with van der Waals surface area (Å²) in [6.45, 7) is 0. The van der Waals surface area contributed by atoms with E-state index in [2.05, 4.69) is 0 Å². The van der Waals surface area contributed by atoms with Gasteiger partial charge in [-0.25, -0.2) is 0 Å². The molecule has 44 valence electrons. The van der Waals surface area contributed by atoms with Crippen molar-refractivity contribution >= 4 is 0 Å². The van der Waals surface area contributed by atoms with Crippen LogP contribution in [0.25, 0.3) is 0 Å². The Bertz CT molecular complexity index is 232. The molecule has 1 N–H and O–H groups in total. The number of hydrogen-bond donors (Lipinski definition) is 1. The zero-order valence-corrected chi connectivity index (χ0v) is 4.70. The van der Waals surface area contributed by atoms with Crippen molar-refractivity contribution in [3.05, 3.63) is 29.8 Å². The summed E-state index contributed by atoms with van der Waals surface area (Å²) >= 11 is 0. The van der Waals surface area contributed by atoms with Crippen LogP contribution in [0, 0.1) is 11.3 Å². The highest BCUT2D eigenvalue weighted by Gasteiger charge is 1.86. The minimum atomic E-state index is 0.189. The predicted molar refractivity (Wildman–Crippen MR) is 32.8 cm³/mol. The van der Waals surface area contributed by atoms with E-state index in [1.165, 1.54) is 12.1 Å². The van der Waals surface area contributed by atoms with Gasteiger partial charge in [-0.1, -0.05) is 0 Å². The Labute approximate surface area is 53.0 Å². The van der Waals surface area contributed by atoms with Gasteiger partial charge >= 0.3 is 0 Å². The van der Waals surface area contributed by atoms with Crippen molar-refractivity contribution in [1.29, 1.82) is 5.26 Å². The summed E-state index contributed by atoms with van der Waals surface area (Å²) in [6.07, 6.45) is 0. The summed E-state index contributed by atoms with van der Waals surface area (Å²) in [5.41, 5.74) is 0.563. The van der Waals surface area contributed by atoms with Crippen LogP contribution < -0.4 is 0 Å². The number of aromatic hydroxyl groups is 1. The molecule has 2 heteroatoms. The molecule has 0 fully saturated rings. The van der Waals surface area contributed by atoms with Gasteiger partial charge < -0.3 is 5.11 Å². The Morgan fingerprint density at radius 2 is 1.78 bits per heavy atom. The van der Waals surface area contributed by atoms with Crippen molar-refractivity contribution in [3.63, 3.8) is 0 Å². The van der Waals surface area contributed by atoms with Gasteiger partial charge in [0.1, 0.15) is 5.75 Å². The molecule has 0 aliphatic heterocycles. The highest BCUT2D eigenvalue weighted by atomic mass is 16.3. The van der Waals surface area contributed by atoms with Crippen LogP contribution in [0.5, 0.6) is 5.75 Å². The molecule has 0 aliphatic rings. The fourth-order valence-corrected chi connectivity index (χ4v) is 0.536. The van der Waals surface area contributed by atoms with Gasteiger partial charge in [-0.2, -0.15) is 5.26 Å². The van der Waals surface area contributed by atoms with Crippen molar-refractivity contribution in [3.8, 4) is 11.8 Å². The third kappa shape index (κ3) is 1.20. The second-order valence-electron chi connectivity index (χ2n) is 1.66. The maximum atomic E-state index is 8.74. The first kappa shape index (κ1) is 5.64. The lowest BCUT2D eigenvalue weighted by Crippen LogP contribution is -1.69. The molecule has 0 saturated heterocycles. The summed E-state index contributed by atoms with van der Waals surface area (Å²) in [4.78, 5) is 0. The van der Waals surface area contributed by atoms with Crippen LogP contribution in [0.2, 0.25) is 0 Å². The Hall–Kier alpha value is -1.49. The van der Waals surface area contributed by atoms with Crippen LogP contribution in [0.3, 0.4) is 0 Å². The number of benzene rings is 1. The van der Waals surface area contributed by atoms with Crippen LogP contribution in [0.4, 0.5) is 0 Å². The Morgan fingerprint density at radius 1 is 1.22 bits per heavy atom. The maximum Gasteiger partial charge on any atom is 0.115 e.